The molecule has 0 amide bonds. The third-order valence-corrected chi connectivity index (χ3v) is 3.61. The first-order valence-corrected chi connectivity index (χ1v) is 5.60. The highest BCUT2D eigenvalue weighted by Gasteiger charge is 2.33. The van der Waals surface area contributed by atoms with Crippen LogP contribution < -0.4 is 0 Å². The highest BCUT2D eigenvalue weighted by molar-refractivity contribution is 6.30. The second kappa shape index (κ2) is 4.11. The molecule has 3 unspecified atom stereocenters. The predicted molar refractivity (Wildman–Crippen MR) is 58.6 cm³/mol. The fourth-order valence-electron chi connectivity index (χ4n) is 2.39. The van der Waals surface area contributed by atoms with Gasteiger partial charge in [-0.3, -0.25) is 0 Å². The van der Waals surface area contributed by atoms with Crippen molar-refractivity contribution in [2.75, 3.05) is 0 Å². The number of rotatable bonds is 1. The van der Waals surface area contributed by atoms with Gasteiger partial charge in [0.05, 0.1) is 6.10 Å². The summed E-state index contributed by atoms with van der Waals surface area (Å²) in [5.74, 6) is -0.00797. The van der Waals surface area contributed by atoms with Crippen LogP contribution >= 0.6 is 11.6 Å². The van der Waals surface area contributed by atoms with Crippen LogP contribution in [-0.4, -0.2) is 11.2 Å². The smallest absolute Gasteiger partial charge is 0.128 e. The zero-order valence-electron chi connectivity index (χ0n) is 8.58. The van der Waals surface area contributed by atoms with Crippen LogP contribution in [0.1, 0.15) is 31.2 Å². The maximum atomic E-state index is 13.6. The molecule has 1 aliphatic carbocycles. The Morgan fingerprint density at radius 2 is 2.13 bits per heavy atom. The number of aliphatic hydroxyl groups excluding tert-OH is 1. The van der Waals surface area contributed by atoms with Gasteiger partial charge in [-0.15, -0.1) is 0 Å². The average molecular weight is 229 g/mol. The van der Waals surface area contributed by atoms with Gasteiger partial charge in [0.15, 0.2) is 0 Å². The fraction of sp³-hybridized carbons (Fsp3) is 0.500. The van der Waals surface area contributed by atoms with Crippen molar-refractivity contribution in [3.8, 4) is 0 Å². The van der Waals surface area contributed by atoms with E-state index in [4.69, 9.17) is 11.6 Å². The van der Waals surface area contributed by atoms with E-state index in [0.29, 0.717) is 10.6 Å². The minimum atomic E-state index is -0.301. The van der Waals surface area contributed by atoms with E-state index in [2.05, 4.69) is 0 Å². The molecular formula is C12H14ClFO. The minimum absolute atomic E-state index is 0.122. The maximum Gasteiger partial charge on any atom is 0.128 e. The molecule has 3 heteroatoms. The van der Waals surface area contributed by atoms with Crippen molar-refractivity contribution in [2.45, 2.75) is 31.8 Å². The Hall–Kier alpha value is -0.600. The van der Waals surface area contributed by atoms with Crippen LogP contribution in [0.3, 0.4) is 0 Å². The zero-order valence-corrected chi connectivity index (χ0v) is 9.34. The molecule has 1 N–H and O–H groups in total. The molecular weight excluding hydrogens is 215 g/mol. The Bertz CT molecular complexity index is 367. The van der Waals surface area contributed by atoms with Crippen molar-refractivity contribution in [1.29, 1.82) is 0 Å². The Kier molecular flexibility index (Phi) is 2.98. The number of hydrogen-bond donors (Lipinski definition) is 1. The van der Waals surface area contributed by atoms with Gasteiger partial charge in [-0.1, -0.05) is 24.6 Å². The summed E-state index contributed by atoms with van der Waals surface area (Å²) in [6, 6.07) is 4.78. The van der Waals surface area contributed by atoms with Crippen molar-refractivity contribution in [2.24, 2.45) is 5.92 Å². The number of benzene rings is 1. The summed E-state index contributed by atoms with van der Waals surface area (Å²) in [6.07, 6.45) is 1.31. The van der Waals surface area contributed by atoms with Gasteiger partial charge in [0.25, 0.3) is 0 Å². The molecule has 0 spiro atoms. The van der Waals surface area contributed by atoms with Crippen LogP contribution in [0.4, 0.5) is 4.39 Å². The van der Waals surface area contributed by atoms with Crippen LogP contribution in [0.25, 0.3) is 0 Å². The lowest BCUT2D eigenvalue weighted by atomic mass is 9.89. The summed E-state index contributed by atoms with van der Waals surface area (Å²) < 4.78 is 13.6. The summed E-state index contributed by atoms with van der Waals surface area (Å²) in [7, 11) is 0. The van der Waals surface area contributed by atoms with Crippen LogP contribution in [0.15, 0.2) is 18.2 Å². The van der Waals surface area contributed by atoms with E-state index in [1.807, 2.05) is 6.92 Å². The van der Waals surface area contributed by atoms with E-state index in [1.165, 1.54) is 6.07 Å². The lowest BCUT2D eigenvalue weighted by molar-refractivity contribution is 0.136. The summed E-state index contributed by atoms with van der Waals surface area (Å²) in [5, 5.41) is 10.0. The van der Waals surface area contributed by atoms with Gasteiger partial charge >= 0.3 is 0 Å². The van der Waals surface area contributed by atoms with Crippen molar-refractivity contribution >= 4 is 11.6 Å². The molecule has 0 aromatic heterocycles. The molecule has 0 saturated heterocycles. The quantitative estimate of drug-likeness (QED) is 0.782. The highest BCUT2D eigenvalue weighted by Crippen LogP contribution is 2.40. The maximum absolute atomic E-state index is 13.6. The first kappa shape index (κ1) is 10.9. The molecule has 0 radical (unpaired) electrons. The van der Waals surface area contributed by atoms with Crippen LogP contribution in [0, 0.1) is 11.7 Å². The van der Waals surface area contributed by atoms with E-state index >= 15 is 0 Å². The molecule has 82 valence electrons. The van der Waals surface area contributed by atoms with E-state index in [-0.39, 0.29) is 23.8 Å². The summed E-state index contributed by atoms with van der Waals surface area (Å²) >= 11 is 5.70. The largest absolute Gasteiger partial charge is 0.393 e. The normalized spacial score (nSPS) is 30.8. The minimum Gasteiger partial charge on any atom is -0.393 e. The lowest BCUT2D eigenvalue weighted by Gasteiger charge is -2.18. The number of halogens is 2. The predicted octanol–water partition coefficient (Wildman–Crippen LogP) is 3.35. The zero-order chi connectivity index (χ0) is 11.0. The van der Waals surface area contributed by atoms with E-state index in [0.717, 1.165) is 12.8 Å². The third kappa shape index (κ3) is 2.01. The van der Waals surface area contributed by atoms with E-state index < -0.39 is 0 Å². The molecule has 1 fully saturated rings. The Morgan fingerprint density at radius 1 is 1.40 bits per heavy atom. The van der Waals surface area contributed by atoms with Crippen LogP contribution in [0.2, 0.25) is 5.02 Å². The highest BCUT2D eigenvalue weighted by atomic mass is 35.5. The van der Waals surface area contributed by atoms with Gasteiger partial charge in [-0.05, 0) is 42.4 Å². The van der Waals surface area contributed by atoms with Gasteiger partial charge < -0.3 is 5.11 Å². The summed E-state index contributed by atoms with van der Waals surface area (Å²) in [5.41, 5.74) is 0.684. The molecule has 0 bridgehead atoms. The van der Waals surface area contributed by atoms with Crippen molar-refractivity contribution in [3.63, 3.8) is 0 Å². The molecule has 0 aliphatic heterocycles. The summed E-state index contributed by atoms with van der Waals surface area (Å²) in [6.45, 7) is 1.97. The first-order valence-electron chi connectivity index (χ1n) is 5.22. The third-order valence-electron chi connectivity index (χ3n) is 3.38. The number of aliphatic hydroxyl groups is 1. The number of hydrogen-bond acceptors (Lipinski definition) is 1. The van der Waals surface area contributed by atoms with Gasteiger partial charge in [-0.2, -0.15) is 0 Å². The molecule has 1 nitrogen and oxygen atoms in total. The lowest BCUT2D eigenvalue weighted by Crippen LogP contribution is -2.14. The van der Waals surface area contributed by atoms with Gasteiger partial charge in [0, 0.05) is 5.02 Å². The van der Waals surface area contributed by atoms with Crippen LogP contribution in [-0.2, 0) is 0 Å². The Balaban J connectivity index is 2.30. The fourth-order valence-corrected chi connectivity index (χ4v) is 2.54. The SMILES string of the molecule is CC1C(O)CCC1c1ccc(Cl)cc1F. The van der Waals surface area contributed by atoms with Gasteiger partial charge in [-0.25, -0.2) is 4.39 Å². The van der Waals surface area contributed by atoms with Crippen LogP contribution in [0.5, 0.6) is 0 Å². The molecule has 1 aromatic carbocycles. The van der Waals surface area contributed by atoms with E-state index in [1.54, 1.807) is 12.1 Å². The molecule has 2 rings (SSSR count). The standard InChI is InChI=1S/C12H14ClFO/c1-7-9(4-5-12(7)15)10-3-2-8(13)6-11(10)14/h2-3,6-7,9,12,15H,4-5H2,1H3. The van der Waals surface area contributed by atoms with E-state index in [9.17, 15) is 9.50 Å². The molecule has 3 atom stereocenters. The first-order chi connectivity index (χ1) is 7.09. The van der Waals surface area contributed by atoms with Crippen molar-refractivity contribution in [3.05, 3.63) is 34.6 Å². The topological polar surface area (TPSA) is 20.2 Å². The molecule has 0 heterocycles. The molecule has 15 heavy (non-hydrogen) atoms. The van der Waals surface area contributed by atoms with Gasteiger partial charge in [0.2, 0.25) is 0 Å². The molecule has 1 saturated carbocycles. The Labute approximate surface area is 93.9 Å². The van der Waals surface area contributed by atoms with Gasteiger partial charge in [0.1, 0.15) is 5.82 Å². The second-order valence-corrected chi connectivity index (χ2v) is 4.71. The second-order valence-electron chi connectivity index (χ2n) is 4.28. The Morgan fingerprint density at radius 3 is 2.67 bits per heavy atom. The monoisotopic (exact) mass is 228 g/mol. The molecule has 1 aromatic rings. The summed E-state index contributed by atoms with van der Waals surface area (Å²) in [4.78, 5) is 0. The van der Waals surface area contributed by atoms with Crippen molar-refractivity contribution < 1.29 is 9.50 Å². The average Bonchev–Trinajstić information content (AvgIpc) is 2.49. The molecule has 1 aliphatic rings. The van der Waals surface area contributed by atoms with Crippen molar-refractivity contribution in [1.82, 2.24) is 0 Å².